The van der Waals surface area contributed by atoms with Crippen LogP contribution in [-0.2, 0) is 7.05 Å². The molecule has 0 aliphatic carbocycles. The maximum absolute atomic E-state index is 12.3. The molecule has 0 unspecified atom stereocenters. The van der Waals surface area contributed by atoms with Crippen LogP contribution in [0.15, 0.2) is 47.4 Å². The van der Waals surface area contributed by atoms with Crippen LogP contribution in [0.4, 0.5) is 0 Å². The van der Waals surface area contributed by atoms with Crippen molar-refractivity contribution in [3.05, 3.63) is 58.6 Å². The van der Waals surface area contributed by atoms with Crippen LogP contribution in [0.1, 0.15) is 5.56 Å². The number of pyridine rings is 1. The Balaban J connectivity index is 2.39. The number of hydrogen-bond donors (Lipinski definition) is 0. The van der Waals surface area contributed by atoms with Gasteiger partial charge >= 0.3 is 5.69 Å². The summed E-state index contributed by atoms with van der Waals surface area (Å²) in [5, 5.41) is 0. The van der Waals surface area contributed by atoms with Crippen LogP contribution in [0.3, 0.4) is 0 Å². The molecule has 4 heteroatoms. The molecular formula is C14H13N3O. The molecule has 3 rings (SSSR count). The molecule has 1 aromatic carbocycles. The van der Waals surface area contributed by atoms with Gasteiger partial charge in [0.05, 0.1) is 11.2 Å². The molecule has 0 aliphatic rings. The first-order valence-corrected chi connectivity index (χ1v) is 5.78. The molecule has 2 aromatic heterocycles. The van der Waals surface area contributed by atoms with Crippen molar-refractivity contribution in [2.24, 2.45) is 7.05 Å². The van der Waals surface area contributed by atoms with Gasteiger partial charge in [-0.25, -0.2) is 14.3 Å². The molecule has 0 spiro atoms. The average molecular weight is 239 g/mol. The first kappa shape index (κ1) is 10.8. The van der Waals surface area contributed by atoms with Crippen LogP contribution in [0.2, 0.25) is 0 Å². The number of aryl methyl sites for hydroxylation is 2. The van der Waals surface area contributed by atoms with E-state index in [0.29, 0.717) is 5.65 Å². The van der Waals surface area contributed by atoms with Crippen LogP contribution in [-0.4, -0.2) is 14.1 Å². The molecule has 0 aliphatic heterocycles. The van der Waals surface area contributed by atoms with Crippen LogP contribution >= 0.6 is 0 Å². The summed E-state index contributed by atoms with van der Waals surface area (Å²) in [6.45, 7) is 2.02. The normalized spacial score (nSPS) is 11.0. The van der Waals surface area contributed by atoms with Crippen LogP contribution in [0.5, 0.6) is 0 Å². The Bertz CT molecular complexity index is 766. The number of fused-ring (bicyclic) bond motifs is 1. The zero-order valence-electron chi connectivity index (χ0n) is 10.3. The lowest BCUT2D eigenvalue weighted by molar-refractivity contribution is 0.844. The smallest absolute Gasteiger partial charge is 0.293 e. The molecule has 0 bridgehead atoms. The Morgan fingerprint density at radius 1 is 1.11 bits per heavy atom. The van der Waals surface area contributed by atoms with Gasteiger partial charge in [0.25, 0.3) is 0 Å². The van der Waals surface area contributed by atoms with E-state index in [1.165, 1.54) is 5.56 Å². The largest absolute Gasteiger partial charge is 0.334 e. The van der Waals surface area contributed by atoms with E-state index in [4.69, 9.17) is 0 Å². The predicted molar refractivity (Wildman–Crippen MR) is 71.0 cm³/mol. The third kappa shape index (κ3) is 1.46. The zero-order chi connectivity index (χ0) is 12.7. The van der Waals surface area contributed by atoms with Gasteiger partial charge in [-0.15, -0.1) is 0 Å². The second-order valence-corrected chi connectivity index (χ2v) is 4.36. The number of hydrogen-bond acceptors (Lipinski definition) is 2. The SMILES string of the molecule is Cc1ccc(-n2c(=O)n(C)c3cccnc32)cc1. The fourth-order valence-corrected chi connectivity index (χ4v) is 2.09. The molecule has 0 saturated carbocycles. The topological polar surface area (TPSA) is 39.8 Å². The summed E-state index contributed by atoms with van der Waals surface area (Å²) in [4.78, 5) is 16.6. The standard InChI is InChI=1S/C14H13N3O/c1-10-5-7-11(8-6-10)17-13-12(4-3-9-15-13)16(2)14(17)18/h3-9H,1-2H3. The fraction of sp³-hybridized carbons (Fsp3) is 0.143. The summed E-state index contributed by atoms with van der Waals surface area (Å²) in [6, 6.07) is 11.6. The lowest BCUT2D eigenvalue weighted by atomic mass is 10.2. The van der Waals surface area contributed by atoms with E-state index in [-0.39, 0.29) is 5.69 Å². The summed E-state index contributed by atoms with van der Waals surface area (Å²) in [5.74, 6) is 0. The second-order valence-electron chi connectivity index (χ2n) is 4.36. The Morgan fingerprint density at radius 2 is 1.83 bits per heavy atom. The monoisotopic (exact) mass is 239 g/mol. The number of benzene rings is 1. The lowest BCUT2D eigenvalue weighted by Crippen LogP contribution is -2.20. The predicted octanol–water partition coefficient (Wildman–Crippen LogP) is 2.03. The summed E-state index contributed by atoms with van der Waals surface area (Å²) >= 11 is 0. The Kier molecular flexibility index (Phi) is 2.30. The quantitative estimate of drug-likeness (QED) is 0.652. The minimum Gasteiger partial charge on any atom is -0.293 e. The molecule has 0 saturated heterocycles. The molecule has 18 heavy (non-hydrogen) atoms. The fourth-order valence-electron chi connectivity index (χ4n) is 2.09. The highest BCUT2D eigenvalue weighted by Crippen LogP contribution is 2.14. The number of imidazole rings is 1. The van der Waals surface area contributed by atoms with Crippen molar-refractivity contribution >= 4 is 11.2 Å². The third-order valence-electron chi connectivity index (χ3n) is 3.11. The molecule has 0 amide bonds. The van der Waals surface area contributed by atoms with Crippen LogP contribution in [0.25, 0.3) is 16.9 Å². The van der Waals surface area contributed by atoms with Crippen molar-refractivity contribution in [3.63, 3.8) is 0 Å². The van der Waals surface area contributed by atoms with Crippen LogP contribution in [0, 0.1) is 6.92 Å². The van der Waals surface area contributed by atoms with Gasteiger partial charge in [0.1, 0.15) is 0 Å². The van der Waals surface area contributed by atoms with E-state index >= 15 is 0 Å². The van der Waals surface area contributed by atoms with Gasteiger partial charge in [-0.05, 0) is 31.2 Å². The van der Waals surface area contributed by atoms with Gasteiger partial charge in [-0.2, -0.15) is 0 Å². The van der Waals surface area contributed by atoms with Gasteiger partial charge in [0, 0.05) is 13.2 Å². The molecule has 2 heterocycles. The maximum Gasteiger partial charge on any atom is 0.334 e. The zero-order valence-corrected chi connectivity index (χ0v) is 10.3. The second kappa shape index (κ2) is 3.84. The molecule has 0 N–H and O–H groups in total. The Labute approximate surface area is 104 Å². The molecule has 4 nitrogen and oxygen atoms in total. The summed E-state index contributed by atoms with van der Waals surface area (Å²) < 4.78 is 3.25. The molecular weight excluding hydrogens is 226 g/mol. The van der Waals surface area contributed by atoms with Gasteiger partial charge < -0.3 is 0 Å². The van der Waals surface area contributed by atoms with E-state index in [1.807, 2.05) is 43.3 Å². The molecule has 3 aromatic rings. The summed E-state index contributed by atoms with van der Waals surface area (Å²) in [7, 11) is 1.76. The van der Waals surface area contributed by atoms with Crippen molar-refractivity contribution in [2.75, 3.05) is 0 Å². The maximum atomic E-state index is 12.3. The van der Waals surface area contributed by atoms with Crippen molar-refractivity contribution in [1.82, 2.24) is 14.1 Å². The highest BCUT2D eigenvalue weighted by molar-refractivity contribution is 5.73. The number of aromatic nitrogens is 3. The van der Waals surface area contributed by atoms with Gasteiger partial charge in [0.2, 0.25) is 0 Å². The van der Waals surface area contributed by atoms with E-state index in [0.717, 1.165) is 11.2 Å². The minimum atomic E-state index is -0.0763. The highest BCUT2D eigenvalue weighted by atomic mass is 16.1. The van der Waals surface area contributed by atoms with Gasteiger partial charge in [-0.3, -0.25) is 4.57 Å². The first-order valence-electron chi connectivity index (χ1n) is 5.78. The van der Waals surface area contributed by atoms with Gasteiger partial charge in [0.15, 0.2) is 5.65 Å². The Hall–Kier alpha value is -2.36. The number of rotatable bonds is 1. The van der Waals surface area contributed by atoms with Gasteiger partial charge in [-0.1, -0.05) is 17.7 Å². The van der Waals surface area contributed by atoms with Crippen molar-refractivity contribution < 1.29 is 0 Å². The lowest BCUT2D eigenvalue weighted by Gasteiger charge is -2.02. The number of nitrogens with zero attached hydrogens (tertiary/aromatic N) is 3. The first-order chi connectivity index (χ1) is 8.68. The minimum absolute atomic E-state index is 0.0763. The molecule has 0 radical (unpaired) electrons. The van der Waals surface area contributed by atoms with E-state index in [1.54, 1.807) is 22.4 Å². The van der Waals surface area contributed by atoms with Crippen LogP contribution < -0.4 is 5.69 Å². The van der Waals surface area contributed by atoms with E-state index in [2.05, 4.69) is 4.98 Å². The van der Waals surface area contributed by atoms with Crippen molar-refractivity contribution in [2.45, 2.75) is 6.92 Å². The van der Waals surface area contributed by atoms with E-state index in [9.17, 15) is 4.79 Å². The molecule has 90 valence electrons. The Morgan fingerprint density at radius 3 is 2.56 bits per heavy atom. The summed E-state index contributed by atoms with van der Waals surface area (Å²) in [5.41, 5.74) is 3.46. The van der Waals surface area contributed by atoms with Crippen molar-refractivity contribution in [3.8, 4) is 5.69 Å². The molecule has 0 atom stereocenters. The van der Waals surface area contributed by atoms with E-state index < -0.39 is 0 Å². The molecule has 0 fully saturated rings. The van der Waals surface area contributed by atoms with Crippen molar-refractivity contribution in [1.29, 1.82) is 0 Å². The average Bonchev–Trinajstić information content (AvgIpc) is 2.64. The summed E-state index contributed by atoms with van der Waals surface area (Å²) in [6.07, 6.45) is 1.70. The third-order valence-corrected chi connectivity index (χ3v) is 3.11. The highest BCUT2D eigenvalue weighted by Gasteiger charge is 2.12.